The van der Waals surface area contributed by atoms with E-state index in [4.69, 9.17) is 0 Å². The smallest absolute Gasteiger partial charge is 0.0612 e. The molecule has 2 fully saturated rings. The van der Waals surface area contributed by atoms with Crippen molar-refractivity contribution in [3.63, 3.8) is 0 Å². The van der Waals surface area contributed by atoms with Crippen molar-refractivity contribution in [2.24, 2.45) is 5.41 Å². The summed E-state index contributed by atoms with van der Waals surface area (Å²) in [7, 11) is 0. The van der Waals surface area contributed by atoms with Crippen LogP contribution in [-0.2, 0) is 0 Å². The fourth-order valence-corrected chi connectivity index (χ4v) is 4.86. The summed E-state index contributed by atoms with van der Waals surface area (Å²) in [5.74, 6) is 4.89. The maximum Gasteiger partial charge on any atom is 0.0612 e. The molecule has 0 radical (unpaired) electrons. The zero-order valence-electron chi connectivity index (χ0n) is 7.29. The first-order valence-corrected chi connectivity index (χ1v) is 6.98. The number of hydrogen-bond donors (Lipinski definition) is 1. The zero-order chi connectivity index (χ0) is 8.44. The summed E-state index contributed by atoms with van der Waals surface area (Å²) in [6, 6.07) is 0. The van der Waals surface area contributed by atoms with E-state index >= 15 is 0 Å². The van der Waals surface area contributed by atoms with E-state index in [2.05, 4.69) is 0 Å². The second-order valence-corrected chi connectivity index (χ2v) is 6.16. The lowest BCUT2D eigenvalue weighted by Gasteiger charge is -2.43. The van der Waals surface area contributed by atoms with Crippen molar-refractivity contribution in [1.82, 2.24) is 0 Å². The van der Waals surface area contributed by atoms with Crippen LogP contribution in [0.5, 0.6) is 0 Å². The SMILES string of the molecule is OC1CCSCC12CCSCC2. The highest BCUT2D eigenvalue weighted by molar-refractivity contribution is 7.99. The first-order valence-electron chi connectivity index (χ1n) is 4.67. The summed E-state index contributed by atoms with van der Waals surface area (Å²) in [5.41, 5.74) is 0.314. The normalized spacial score (nSPS) is 35.2. The molecule has 0 aliphatic carbocycles. The van der Waals surface area contributed by atoms with Gasteiger partial charge in [0.2, 0.25) is 0 Å². The van der Waals surface area contributed by atoms with E-state index in [1.165, 1.54) is 30.1 Å². The molecule has 1 nitrogen and oxygen atoms in total. The van der Waals surface area contributed by atoms with E-state index in [0.29, 0.717) is 5.41 Å². The van der Waals surface area contributed by atoms with Gasteiger partial charge in [0.25, 0.3) is 0 Å². The van der Waals surface area contributed by atoms with Crippen LogP contribution in [0.4, 0.5) is 0 Å². The molecule has 1 unspecified atom stereocenters. The topological polar surface area (TPSA) is 20.2 Å². The summed E-state index contributed by atoms with van der Waals surface area (Å²) in [6.45, 7) is 0. The molecule has 2 rings (SSSR count). The maximum absolute atomic E-state index is 9.96. The molecule has 2 heterocycles. The van der Waals surface area contributed by atoms with Crippen molar-refractivity contribution >= 4 is 23.5 Å². The fourth-order valence-electron chi connectivity index (χ4n) is 2.13. The fraction of sp³-hybridized carbons (Fsp3) is 1.00. The molecule has 0 aromatic carbocycles. The third-order valence-electron chi connectivity index (χ3n) is 3.12. The van der Waals surface area contributed by atoms with Crippen LogP contribution >= 0.6 is 23.5 Å². The quantitative estimate of drug-likeness (QED) is 0.652. The molecule has 2 aliphatic heterocycles. The molecule has 1 atom stereocenters. The van der Waals surface area contributed by atoms with Crippen molar-refractivity contribution < 1.29 is 5.11 Å². The standard InChI is InChI=1S/C9H16OS2/c10-8-1-4-12-7-9(8)2-5-11-6-3-9/h8,10H,1-7H2. The molecule has 0 aromatic heterocycles. The van der Waals surface area contributed by atoms with Gasteiger partial charge in [-0.25, -0.2) is 0 Å². The Morgan fingerprint density at radius 1 is 1.08 bits per heavy atom. The van der Waals surface area contributed by atoms with Gasteiger partial charge < -0.3 is 5.11 Å². The number of hydrogen-bond acceptors (Lipinski definition) is 3. The van der Waals surface area contributed by atoms with Gasteiger partial charge in [-0.2, -0.15) is 23.5 Å². The Bertz CT molecular complexity index is 146. The van der Waals surface area contributed by atoms with Gasteiger partial charge in [0.1, 0.15) is 0 Å². The van der Waals surface area contributed by atoms with Crippen molar-refractivity contribution in [1.29, 1.82) is 0 Å². The first kappa shape index (κ1) is 9.22. The summed E-state index contributed by atoms with van der Waals surface area (Å²) in [6.07, 6.45) is 3.51. The van der Waals surface area contributed by atoms with E-state index in [1.54, 1.807) is 0 Å². The van der Waals surface area contributed by atoms with Crippen molar-refractivity contribution in [2.75, 3.05) is 23.0 Å². The average Bonchev–Trinajstić information content (AvgIpc) is 2.12. The highest BCUT2D eigenvalue weighted by Gasteiger charge is 2.40. The van der Waals surface area contributed by atoms with Gasteiger partial charge in [-0.05, 0) is 36.5 Å². The Labute approximate surface area is 82.7 Å². The summed E-state index contributed by atoms with van der Waals surface area (Å²) in [4.78, 5) is 0. The minimum atomic E-state index is -0.000324. The van der Waals surface area contributed by atoms with E-state index < -0.39 is 0 Å². The third kappa shape index (κ3) is 1.64. The monoisotopic (exact) mass is 204 g/mol. The van der Waals surface area contributed by atoms with Gasteiger partial charge >= 0.3 is 0 Å². The molecule has 1 spiro atoms. The third-order valence-corrected chi connectivity index (χ3v) is 5.41. The van der Waals surface area contributed by atoms with Gasteiger partial charge in [-0.1, -0.05) is 0 Å². The number of aliphatic hydroxyl groups excluding tert-OH is 1. The van der Waals surface area contributed by atoms with Crippen molar-refractivity contribution in [3.8, 4) is 0 Å². The Balaban J connectivity index is 2.04. The molecule has 0 amide bonds. The lowest BCUT2D eigenvalue weighted by molar-refractivity contribution is 0.0286. The maximum atomic E-state index is 9.96. The largest absolute Gasteiger partial charge is 0.392 e. The molecule has 12 heavy (non-hydrogen) atoms. The highest BCUT2D eigenvalue weighted by atomic mass is 32.2. The van der Waals surface area contributed by atoms with Crippen molar-refractivity contribution in [2.45, 2.75) is 25.4 Å². The van der Waals surface area contributed by atoms with Crippen LogP contribution in [0.3, 0.4) is 0 Å². The molecule has 0 bridgehead atoms. The summed E-state index contributed by atoms with van der Waals surface area (Å²) >= 11 is 4.08. The van der Waals surface area contributed by atoms with Gasteiger partial charge in [0.05, 0.1) is 6.10 Å². The Morgan fingerprint density at radius 2 is 1.83 bits per heavy atom. The predicted octanol–water partition coefficient (Wildman–Crippen LogP) is 2.00. The van der Waals surface area contributed by atoms with Crippen LogP contribution < -0.4 is 0 Å². The predicted molar refractivity (Wildman–Crippen MR) is 56.9 cm³/mol. The van der Waals surface area contributed by atoms with Gasteiger partial charge in [-0.15, -0.1) is 0 Å². The van der Waals surface area contributed by atoms with Crippen LogP contribution in [-0.4, -0.2) is 34.2 Å². The van der Waals surface area contributed by atoms with Crippen LogP contribution in [0.15, 0.2) is 0 Å². The molecular formula is C9H16OS2. The second-order valence-electron chi connectivity index (χ2n) is 3.83. The number of aliphatic hydroxyl groups is 1. The van der Waals surface area contributed by atoms with Crippen LogP contribution in [0, 0.1) is 5.41 Å². The molecule has 70 valence electrons. The van der Waals surface area contributed by atoms with Crippen LogP contribution in [0.2, 0.25) is 0 Å². The molecular weight excluding hydrogens is 188 g/mol. The van der Waals surface area contributed by atoms with Crippen molar-refractivity contribution in [3.05, 3.63) is 0 Å². The second kappa shape index (κ2) is 3.81. The van der Waals surface area contributed by atoms with Gasteiger partial charge in [-0.3, -0.25) is 0 Å². The average molecular weight is 204 g/mol. The Morgan fingerprint density at radius 3 is 2.50 bits per heavy atom. The minimum Gasteiger partial charge on any atom is -0.392 e. The van der Waals surface area contributed by atoms with Gasteiger partial charge in [0.15, 0.2) is 0 Å². The zero-order valence-corrected chi connectivity index (χ0v) is 8.92. The molecule has 2 aliphatic rings. The first-order chi connectivity index (χ1) is 5.83. The molecule has 0 saturated carbocycles. The minimum absolute atomic E-state index is 0.000324. The van der Waals surface area contributed by atoms with Crippen LogP contribution in [0.1, 0.15) is 19.3 Å². The van der Waals surface area contributed by atoms with E-state index in [1.807, 2.05) is 23.5 Å². The Kier molecular flexibility index (Phi) is 2.93. The molecule has 3 heteroatoms. The molecule has 1 N–H and O–H groups in total. The molecule has 0 aromatic rings. The van der Waals surface area contributed by atoms with E-state index in [0.717, 1.165) is 12.2 Å². The lowest BCUT2D eigenvalue weighted by Crippen LogP contribution is -2.43. The molecule has 2 saturated heterocycles. The number of thioether (sulfide) groups is 2. The highest BCUT2D eigenvalue weighted by Crippen LogP contribution is 2.44. The Hall–Kier alpha value is 0.660. The summed E-state index contributed by atoms with van der Waals surface area (Å²) in [5, 5.41) is 9.96. The lowest BCUT2D eigenvalue weighted by atomic mass is 9.77. The van der Waals surface area contributed by atoms with E-state index in [-0.39, 0.29) is 6.10 Å². The van der Waals surface area contributed by atoms with E-state index in [9.17, 15) is 5.11 Å². The van der Waals surface area contributed by atoms with Crippen LogP contribution in [0.25, 0.3) is 0 Å². The van der Waals surface area contributed by atoms with Gasteiger partial charge in [0, 0.05) is 11.2 Å². The number of rotatable bonds is 0. The summed E-state index contributed by atoms with van der Waals surface area (Å²) < 4.78 is 0.